The molecule has 0 atom stereocenters. The minimum atomic E-state index is -0.291. The van der Waals surface area contributed by atoms with Crippen molar-refractivity contribution in [2.24, 2.45) is 0 Å². The average Bonchev–Trinajstić information content (AvgIpc) is 3.00. The van der Waals surface area contributed by atoms with Gasteiger partial charge in [-0.2, -0.15) is 0 Å². The van der Waals surface area contributed by atoms with Gasteiger partial charge in [0.15, 0.2) is 0 Å². The number of amides is 1. The summed E-state index contributed by atoms with van der Waals surface area (Å²) >= 11 is 0. The molecular formula is C16H20N2O4. The molecule has 0 spiro atoms. The molecule has 1 heterocycles. The summed E-state index contributed by atoms with van der Waals surface area (Å²) in [5.41, 5.74) is 1.00. The van der Waals surface area contributed by atoms with Crippen LogP contribution in [0.3, 0.4) is 0 Å². The first-order valence-corrected chi connectivity index (χ1v) is 7.11. The van der Waals surface area contributed by atoms with Crippen LogP contribution < -0.4 is 20.1 Å². The Hall–Kier alpha value is -2.47. The van der Waals surface area contributed by atoms with E-state index in [9.17, 15) is 4.79 Å². The van der Waals surface area contributed by atoms with E-state index < -0.39 is 0 Å². The summed E-state index contributed by atoms with van der Waals surface area (Å²) in [5, 5.41) is 5.92. The SMILES string of the molecule is CCNCCOc1occc1C(=O)Nc1cccc(OC)c1. The van der Waals surface area contributed by atoms with Crippen LogP contribution in [0.2, 0.25) is 0 Å². The van der Waals surface area contributed by atoms with Crippen LogP contribution in [0.15, 0.2) is 41.0 Å². The van der Waals surface area contributed by atoms with E-state index >= 15 is 0 Å². The number of methoxy groups -OCH3 is 1. The maximum absolute atomic E-state index is 12.3. The summed E-state index contributed by atoms with van der Waals surface area (Å²) in [4.78, 5) is 12.3. The largest absolute Gasteiger partial charge is 0.497 e. The number of ether oxygens (including phenoxy) is 2. The van der Waals surface area contributed by atoms with Gasteiger partial charge in [0.25, 0.3) is 11.9 Å². The molecule has 0 aliphatic rings. The number of likely N-dealkylation sites (N-methyl/N-ethyl adjacent to an activating group) is 1. The van der Waals surface area contributed by atoms with E-state index in [0.29, 0.717) is 30.2 Å². The van der Waals surface area contributed by atoms with Crippen molar-refractivity contribution in [3.63, 3.8) is 0 Å². The summed E-state index contributed by atoms with van der Waals surface area (Å²) in [7, 11) is 1.58. The van der Waals surface area contributed by atoms with Crippen LogP contribution in [-0.4, -0.2) is 32.7 Å². The Morgan fingerprint density at radius 3 is 2.95 bits per heavy atom. The molecular weight excluding hydrogens is 284 g/mol. The van der Waals surface area contributed by atoms with Gasteiger partial charge in [0, 0.05) is 18.3 Å². The van der Waals surface area contributed by atoms with E-state index in [0.717, 1.165) is 6.54 Å². The number of hydrogen-bond donors (Lipinski definition) is 2. The number of benzene rings is 1. The lowest BCUT2D eigenvalue weighted by molar-refractivity contribution is 0.101. The summed E-state index contributed by atoms with van der Waals surface area (Å²) in [5.74, 6) is 0.603. The molecule has 0 aliphatic carbocycles. The lowest BCUT2D eigenvalue weighted by Gasteiger charge is -2.08. The number of carbonyl (C=O) groups is 1. The third-order valence-corrected chi connectivity index (χ3v) is 2.96. The van der Waals surface area contributed by atoms with E-state index in [1.54, 1.807) is 31.4 Å². The fraction of sp³-hybridized carbons (Fsp3) is 0.312. The molecule has 0 bridgehead atoms. The van der Waals surface area contributed by atoms with Crippen molar-refractivity contribution in [1.82, 2.24) is 5.32 Å². The van der Waals surface area contributed by atoms with Gasteiger partial charge in [-0.3, -0.25) is 4.79 Å². The topological polar surface area (TPSA) is 72.7 Å². The van der Waals surface area contributed by atoms with Crippen LogP contribution >= 0.6 is 0 Å². The quantitative estimate of drug-likeness (QED) is 0.733. The van der Waals surface area contributed by atoms with Gasteiger partial charge >= 0.3 is 0 Å². The van der Waals surface area contributed by atoms with E-state index in [4.69, 9.17) is 13.9 Å². The van der Waals surface area contributed by atoms with Crippen molar-refractivity contribution < 1.29 is 18.7 Å². The smallest absolute Gasteiger partial charge is 0.297 e. The zero-order valence-corrected chi connectivity index (χ0v) is 12.7. The number of carbonyl (C=O) groups excluding carboxylic acids is 1. The van der Waals surface area contributed by atoms with Crippen molar-refractivity contribution in [1.29, 1.82) is 0 Å². The third kappa shape index (κ3) is 4.26. The Morgan fingerprint density at radius 2 is 2.18 bits per heavy atom. The normalized spacial score (nSPS) is 10.3. The molecule has 0 aliphatic heterocycles. The summed E-state index contributed by atoms with van der Waals surface area (Å²) in [6.45, 7) is 4.00. The molecule has 22 heavy (non-hydrogen) atoms. The molecule has 0 fully saturated rings. The highest BCUT2D eigenvalue weighted by Crippen LogP contribution is 2.22. The highest BCUT2D eigenvalue weighted by Gasteiger charge is 2.16. The molecule has 2 aromatic rings. The standard InChI is InChI=1S/C16H20N2O4/c1-3-17-8-10-22-16-14(7-9-21-16)15(19)18-12-5-4-6-13(11-12)20-2/h4-7,9,11,17H,3,8,10H2,1-2H3,(H,18,19). The monoisotopic (exact) mass is 304 g/mol. The van der Waals surface area contributed by atoms with Gasteiger partial charge in [-0.25, -0.2) is 0 Å². The van der Waals surface area contributed by atoms with Crippen LogP contribution in [0.1, 0.15) is 17.3 Å². The van der Waals surface area contributed by atoms with E-state index in [2.05, 4.69) is 10.6 Å². The lowest BCUT2D eigenvalue weighted by atomic mass is 10.2. The summed E-state index contributed by atoms with van der Waals surface area (Å²) in [6, 6.07) is 8.72. The van der Waals surface area contributed by atoms with Crippen molar-refractivity contribution >= 4 is 11.6 Å². The maximum Gasteiger partial charge on any atom is 0.297 e. The Morgan fingerprint density at radius 1 is 1.32 bits per heavy atom. The molecule has 2 rings (SSSR count). The van der Waals surface area contributed by atoms with Gasteiger partial charge in [0.1, 0.15) is 17.9 Å². The molecule has 1 amide bonds. The van der Waals surface area contributed by atoms with Crippen LogP contribution in [0.5, 0.6) is 11.7 Å². The van der Waals surface area contributed by atoms with Gasteiger partial charge < -0.3 is 24.5 Å². The van der Waals surface area contributed by atoms with Gasteiger partial charge in [-0.1, -0.05) is 13.0 Å². The molecule has 2 N–H and O–H groups in total. The van der Waals surface area contributed by atoms with Crippen molar-refractivity contribution in [2.45, 2.75) is 6.92 Å². The van der Waals surface area contributed by atoms with Crippen LogP contribution in [0.4, 0.5) is 5.69 Å². The lowest BCUT2D eigenvalue weighted by Crippen LogP contribution is -2.21. The number of furan rings is 1. The second-order valence-electron chi connectivity index (χ2n) is 4.51. The molecule has 6 nitrogen and oxygen atoms in total. The Balaban J connectivity index is 1.99. The van der Waals surface area contributed by atoms with Crippen molar-refractivity contribution in [3.8, 4) is 11.7 Å². The number of nitrogens with one attached hydrogen (secondary N) is 2. The predicted octanol–water partition coefficient (Wildman–Crippen LogP) is 2.53. The second-order valence-corrected chi connectivity index (χ2v) is 4.51. The first-order valence-electron chi connectivity index (χ1n) is 7.11. The van der Waals surface area contributed by atoms with Crippen LogP contribution in [0, 0.1) is 0 Å². The van der Waals surface area contributed by atoms with E-state index in [1.165, 1.54) is 6.26 Å². The minimum absolute atomic E-state index is 0.221. The van der Waals surface area contributed by atoms with Crippen LogP contribution in [0.25, 0.3) is 0 Å². The van der Waals surface area contributed by atoms with E-state index in [-0.39, 0.29) is 11.9 Å². The molecule has 1 aromatic heterocycles. The fourth-order valence-electron chi connectivity index (χ4n) is 1.87. The first-order chi connectivity index (χ1) is 10.7. The Labute approximate surface area is 129 Å². The summed E-state index contributed by atoms with van der Waals surface area (Å²) < 4.78 is 15.8. The zero-order valence-electron chi connectivity index (χ0n) is 12.7. The predicted molar refractivity (Wildman–Crippen MR) is 83.7 cm³/mol. The molecule has 118 valence electrons. The molecule has 0 radical (unpaired) electrons. The number of hydrogen-bond acceptors (Lipinski definition) is 5. The molecule has 6 heteroatoms. The molecule has 0 saturated heterocycles. The average molecular weight is 304 g/mol. The Bertz CT molecular complexity index is 610. The fourth-order valence-corrected chi connectivity index (χ4v) is 1.87. The van der Waals surface area contributed by atoms with Gasteiger partial charge in [0.05, 0.1) is 13.4 Å². The highest BCUT2D eigenvalue weighted by molar-refractivity contribution is 6.05. The van der Waals surface area contributed by atoms with Gasteiger partial charge in [0.2, 0.25) is 0 Å². The highest BCUT2D eigenvalue weighted by atomic mass is 16.6. The molecule has 0 unspecified atom stereocenters. The first kappa shape index (κ1) is 15.9. The van der Waals surface area contributed by atoms with Crippen LogP contribution in [-0.2, 0) is 0 Å². The number of anilines is 1. The third-order valence-electron chi connectivity index (χ3n) is 2.96. The molecule has 1 aromatic carbocycles. The van der Waals surface area contributed by atoms with Gasteiger partial charge in [-0.05, 0) is 24.7 Å². The second kappa shape index (κ2) is 8.09. The van der Waals surface area contributed by atoms with E-state index in [1.807, 2.05) is 13.0 Å². The number of rotatable bonds is 8. The van der Waals surface area contributed by atoms with Crippen molar-refractivity contribution in [2.75, 3.05) is 32.1 Å². The van der Waals surface area contributed by atoms with Gasteiger partial charge in [-0.15, -0.1) is 0 Å². The summed E-state index contributed by atoms with van der Waals surface area (Å²) in [6.07, 6.45) is 1.43. The Kier molecular flexibility index (Phi) is 5.85. The minimum Gasteiger partial charge on any atom is -0.497 e. The maximum atomic E-state index is 12.3. The van der Waals surface area contributed by atoms with Crippen molar-refractivity contribution in [3.05, 3.63) is 42.2 Å². The molecule has 0 saturated carbocycles. The zero-order chi connectivity index (χ0) is 15.8.